The quantitative estimate of drug-likeness (QED) is 0.739. The third-order valence-electron chi connectivity index (χ3n) is 2.61. The van der Waals surface area contributed by atoms with Crippen LogP contribution in [0.1, 0.15) is 27.7 Å². The molecule has 2 atom stereocenters. The van der Waals surface area contributed by atoms with Gasteiger partial charge in [-0.05, 0) is 27.7 Å². The van der Waals surface area contributed by atoms with Gasteiger partial charge in [-0.1, -0.05) is 0 Å². The molecule has 1 fully saturated rings. The lowest BCUT2D eigenvalue weighted by Gasteiger charge is -2.24. The van der Waals surface area contributed by atoms with E-state index in [0.717, 1.165) is 0 Å². The van der Waals surface area contributed by atoms with Gasteiger partial charge in [0.25, 0.3) is 0 Å². The van der Waals surface area contributed by atoms with Crippen LogP contribution in [-0.2, 0) is 14.3 Å². The smallest absolute Gasteiger partial charge is 0.410 e. The summed E-state index contributed by atoms with van der Waals surface area (Å²) in [6.07, 6.45) is -0.440. The molecule has 0 aromatic rings. The maximum atomic E-state index is 11.8. The highest BCUT2D eigenvalue weighted by Gasteiger charge is 2.39. The molecule has 1 aliphatic rings. The molecule has 0 saturated carbocycles. The minimum atomic E-state index is -0.552. The van der Waals surface area contributed by atoms with E-state index in [2.05, 4.69) is 0 Å². The summed E-state index contributed by atoms with van der Waals surface area (Å²) in [5, 5.41) is 0. The molecule has 0 unspecified atom stereocenters. The van der Waals surface area contributed by atoms with Gasteiger partial charge in [-0.25, -0.2) is 4.79 Å². The fraction of sp³-hybridized carbons (Fsp3) is 0.833. The van der Waals surface area contributed by atoms with Gasteiger partial charge in [0, 0.05) is 19.1 Å². The first-order valence-electron chi connectivity index (χ1n) is 6.14. The van der Waals surface area contributed by atoms with Crippen LogP contribution in [0.3, 0.4) is 0 Å². The number of hydrogen-bond acceptors (Lipinski definition) is 5. The molecule has 6 heteroatoms. The second kappa shape index (κ2) is 5.56. The van der Waals surface area contributed by atoms with Crippen molar-refractivity contribution in [3.05, 3.63) is 0 Å². The molecule has 6 nitrogen and oxygen atoms in total. The van der Waals surface area contributed by atoms with Gasteiger partial charge in [0.05, 0.1) is 12.5 Å². The second-order valence-electron chi connectivity index (χ2n) is 5.41. The van der Waals surface area contributed by atoms with E-state index in [1.54, 1.807) is 27.7 Å². The minimum absolute atomic E-state index is 0.259. The average molecular weight is 258 g/mol. The van der Waals surface area contributed by atoms with Gasteiger partial charge in [-0.3, -0.25) is 4.79 Å². The number of nitrogens with two attached hydrogens (primary N) is 1. The van der Waals surface area contributed by atoms with E-state index in [4.69, 9.17) is 15.2 Å². The number of nitrogens with zero attached hydrogens (tertiary/aromatic N) is 1. The number of amides is 1. The molecule has 0 radical (unpaired) electrons. The third kappa shape index (κ3) is 3.87. The maximum Gasteiger partial charge on any atom is 0.410 e. The molecule has 1 saturated heterocycles. The molecule has 0 spiro atoms. The van der Waals surface area contributed by atoms with Crippen LogP contribution < -0.4 is 5.73 Å². The topological polar surface area (TPSA) is 81.9 Å². The molecular formula is C12H22N2O4. The SMILES string of the molecule is CCOC(=O)[C@H]1CN(C(=O)OC(C)(C)C)C[C@@H]1N. The van der Waals surface area contributed by atoms with Crippen molar-refractivity contribution in [1.29, 1.82) is 0 Å². The summed E-state index contributed by atoms with van der Waals surface area (Å²) in [6, 6.07) is -0.392. The van der Waals surface area contributed by atoms with Gasteiger partial charge in [0.2, 0.25) is 0 Å². The predicted molar refractivity (Wildman–Crippen MR) is 65.9 cm³/mol. The van der Waals surface area contributed by atoms with Crippen LogP contribution in [0.15, 0.2) is 0 Å². The molecule has 2 N–H and O–H groups in total. The van der Waals surface area contributed by atoms with Gasteiger partial charge in [0.1, 0.15) is 5.60 Å². The van der Waals surface area contributed by atoms with E-state index in [1.807, 2.05) is 0 Å². The van der Waals surface area contributed by atoms with Crippen molar-refractivity contribution < 1.29 is 19.1 Å². The van der Waals surface area contributed by atoms with Crippen molar-refractivity contribution >= 4 is 12.1 Å². The third-order valence-corrected chi connectivity index (χ3v) is 2.61. The molecule has 18 heavy (non-hydrogen) atoms. The van der Waals surface area contributed by atoms with Gasteiger partial charge >= 0.3 is 12.1 Å². The van der Waals surface area contributed by atoms with Crippen molar-refractivity contribution in [3.63, 3.8) is 0 Å². The van der Waals surface area contributed by atoms with Crippen LogP contribution in [0.2, 0.25) is 0 Å². The Morgan fingerprint density at radius 1 is 1.33 bits per heavy atom. The van der Waals surface area contributed by atoms with Crippen LogP contribution in [-0.4, -0.2) is 48.3 Å². The molecule has 1 rings (SSSR count). The average Bonchev–Trinajstić information content (AvgIpc) is 2.58. The summed E-state index contributed by atoms with van der Waals surface area (Å²) in [6.45, 7) is 8.02. The highest BCUT2D eigenvalue weighted by molar-refractivity contribution is 5.76. The molecule has 0 aliphatic carbocycles. The first kappa shape index (κ1) is 14.8. The van der Waals surface area contributed by atoms with Crippen LogP contribution in [0.25, 0.3) is 0 Å². The van der Waals surface area contributed by atoms with E-state index >= 15 is 0 Å². The summed E-state index contributed by atoms with van der Waals surface area (Å²) >= 11 is 0. The molecule has 0 bridgehead atoms. The van der Waals surface area contributed by atoms with E-state index in [0.29, 0.717) is 13.2 Å². The Morgan fingerprint density at radius 3 is 2.44 bits per heavy atom. The van der Waals surface area contributed by atoms with Crippen LogP contribution in [0.4, 0.5) is 4.79 Å². The fourth-order valence-corrected chi connectivity index (χ4v) is 1.80. The number of rotatable bonds is 2. The van der Waals surface area contributed by atoms with Gasteiger partial charge in [0.15, 0.2) is 0 Å². The van der Waals surface area contributed by atoms with Crippen molar-refractivity contribution in [1.82, 2.24) is 4.90 Å². The Hall–Kier alpha value is -1.30. The fourth-order valence-electron chi connectivity index (χ4n) is 1.80. The van der Waals surface area contributed by atoms with Crippen molar-refractivity contribution in [3.8, 4) is 0 Å². The predicted octanol–water partition coefficient (Wildman–Crippen LogP) is 0.744. The van der Waals surface area contributed by atoms with Crippen molar-refractivity contribution in [2.24, 2.45) is 11.7 Å². The van der Waals surface area contributed by atoms with Gasteiger partial charge in [-0.2, -0.15) is 0 Å². The first-order valence-corrected chi connectivity index (χ1v) is 6.14. The Kier molecular flexibility index (Phi) is 4.56. The Morgan fingerprint density at radius 2 is 1.94 bits per heavy atom. The molecular weight excluding hydrogens is 236 g/mol. The van der Waals surface area contributed by atoms with E-state index in [1.165, 1.54) is 4.90 Å². The number of carbonyl (C=O) groups is 2. The maximum absolute atomic E-state index is 11.8. The van der Waals surface area contributed by atoms with E-state index in [9.17, 15) is 9.59 Å². The Balaban J connectivity index is 2.58. The highest BCUT2D eigenvalue weighted by atomic mass is 16.6. The molecule has 0 aromatic carbocycles. The molecule has 1 amide bonds. The molecule has 0 aromatic heterocycles. The zero-order valence-electron chi connectivity index (χ0n) is 11.4. The lowest BCUT2D eigenvalue weighted by Crippen LogP contribution is -2.36. The van der Waals surface area contributed by atoms with Crippen LogP contribution in [0.5, 0.6) is 0 Å². The molecule has 1 aliphatic heterocycles. The number of carbonyl (C=O) groups excluding carboxylic acids is 2. The number of esters is 1. The van der Waals surface area contributed by atoms with Gasteiger partial charge in [-0.15, -0.1) is 0 Å². The van der Waals surface area contributed by atoms with E-state index in [-0.39, 0.29) is 12.5 Å². The van der Waals surface area contributed by atoms with Crippen LogP contribution >= 0.6 is 0 Å². The van der Waals surface area contributed by atoms with Crippen molar-refractivity contribution in [2.45, 2.75) is 39.3 Å². The number of hydrogen-bond donors (Lipinski definition) is 1. The Bertz CT molecular complexity index is 325. The van der Waals surface area contributed by atoms with Crippen LogP contribution in [0, 0.1) is 5.92 Å². The number of ether oxygens (including phenoxy) is 2. The summed E-state index contributed by atoms with van der Waals surface area (Å²) in [7, 11) is 0. The van der Waals surface area contributed by atoms with Gasteiger partial charge < -0.3 is 20.1 Å². The zero-order valence-corrected chi connectivity index (χ0v) is 11.4. The first-order chi connectivity index (χ1) is 8.24. The summed E-state index contributed by atoms with van der Waals surface area (Å²) in [5.74, 6) is -0.812. The number of likely N-dealkylation sites (tertiary alicyclic amines) is 1. The molecule has 1 heterocycles. The minimum Gasteiger partial charge on any atom is -0.466 e. The largest absolute Gasteiger partial charge is 0.466 e. The Labute approximate surface area is 107 Å². The standard InChI is InChI=1S/C12H22N2O4/c1-5-17-10(15)8-6-14(7-9(8)13)11(16)18-12(2,3)4/h8-9H,5-7,13H2,1-4H3/t8-,9-/m0/s1. The normalized spacial score (nSPS) is 23.9. The summed E-state index contributed by atoms with van der Waals surface area (Å²) in [5.41, 5.74) is 5.30. The second-order valence-corrected chi connectivity index (χ2v) is 5.41. The van der Waals surface area contributed by atoms with E-state index < -0.39 is 23.7 Å². The summed E-state index contributed by atoms with van der Waals surface area (Å²) < 4.78 is 10.2. The lowest BCUT2D eigenvalue weighted by molar-refractivity contribution is -0.147. The lowest BCUT2D eigenvalue weighted by atomic mass is 10.1. The summed E-state index contributed by atoms with van der Waals surface area (Å²) in [4.78, 5) is 24.9. The van der Waals surface area contributed by atoms with Crippen molar-refractivity contribution in [2.75, 3.05) is 19.7 Å². The zero-order chi connectivity index (χ0) is 13.9. The highest BCUT2D eigenvalue weighted by Crippen LogP contribution is 2.20. The molecule has 104 valence electrons. The monoisotopic (exact) mass is 258 g/mol.